The largest absolute Gasteiger partial charge is 0.497 e. The highest BCUT2D eigenvalue weighted by Gasteiger charge is 2.41. The summed E-state index contributed by atoms with van der Waals surface area (Å²) < 4.78 is 7.23. The second-order valence-electron chi connectivity index (χ2n) is 8.28. The molecule has 0 bridgehead atoms. The first kappa shape index (κ1) is 18.9. The molecule has 30 heavy (non-hydrogen) atoms. The van der Waals surface area contributed by atoms with Crippen molar-refractivity contribution in [2.24, 2.45) is 13.0 Å². The minimum atomic E-state index is 0.00420. The third kappa shape index (κ3) is 3.16. The molecule has 3 aromatic rings. The van der Waals surface area contributed by atoms with Gasteiger partial charge < -0.3 is 9.64 Å². The lowest BCUT2D eigenvalue weighted by atomic mass is 9.89. The van der Waals surface area contributed by atoms with Crippen LogP contribution in [0.15, 0.2) is 42.7 Å². The van der Waals surface area contributed by atoms with Gasteiger partial charge in [-0.1, -0.05) is 12.1 Å². The van der Waals surface area contributed by atoms with Crippen LogP contribution in [0, 0.1) is 12.8 Å². The smallest absolute Gasteiger partial charge is 0.254 e. The van der Waals surface area contributed by atoms with Gasteiger partial charge in [-0.05, 0) is 55.4 Å². The van der Waals surface area contributed by atoms with Crippen molar-refractivity contribution < 1.29 is 9.53 Å². The molecule has 0 spiro atoms. The Morgan fingerprint density at radius 3 is 2.67 bits per heavy atom. The monoisotopic (exact) mass is 402 g/mol. The molecule has 1 fully saturated rings. The topological polar surface area (TPSA) is 60.2 Å². The van der Waals surface area contributed by atoms with Crippen LogP contribution >= 0.6 is 0 Å². The zero-order chi connectivity index (χ0) is 20.8. The van der Waals surface area contributed by atoms with Gasteiger partial charge in [0.1, 0.15) is 5.75 Å². The van der Waals surface area contributed by atoms with Crippen molar-refractivity contribution in [1.82, 2.24) is 19.7 Å². The highest BCUT2D eigenvalue weighted by molar-refractivity contribution is 5.99. The van der Waals surface area contributed by atoms with Crippen LogP contribution in [-0.2, 0) is 13.5 Å². The number of carbonyl (C=O) groups excluding carboxylic acids is 1. The molecular weight excluding hydrogens is 376 g/mol. The number of hydrogen-bond acceptors (Lipinski definition) is 4. The number of benzene rings is 1. The molecule has 3 heterocycles. The molecule has 2 aliphatic rings. The van der Waals surface area contributed by atoms with Gasteiger partial charge >= 0.3 is 0 Å². The minimum absolute atomic E-state index is 0.00420. The number of aromatic nitrogens is 3. The number of ether oxygens (including phenoxy) is 1. The minimum Gasteiger partial charge on any atom is -0.497 e. The molecular formula is C24H26N4O2. The molecule has 1 atom stereocenters. The number of amides is 1. The third-order valence-electron chi connectivity index (χ3n) is 6.27. The number of carbonyl (C=O) groups is 1. The fourth-order valence-electron chi connectivity index (χ4n) is 4.71. The highest BCUT2D eigenvalue weighted by Crippen LogP contribution is 2.46. The lowest BCUT2D eigenvalue weighted by Crippen LogP contribution is -2.41. The molecule has 1 unspecified atom stereocenters. The van der Waals surface area contributed by atoms with Crippen molar-refractivity contribution in [3.05, 3.63) is 65.2 Å². The van der Waals surface area contributed by atoms with Gasteiger partial charge in [0, 0.05) is 43.2 Å². The first-order valence-corrected chi connectivity index (χ1v) is 10.5. The summed E-state index contributed by atoms with van der Waals surface area (Å²) in [6.45, 7) is 2.71. The summed E-state index contributed by atoms with van der Waals surface area (Å²) in [5, 5.41) is 4.49. The van der Waals surface area contributed by atoms with Crippen molar-refractivity contribution >= 4 is 5.91 Å². The number of aryl methyl sites for hydroxylation is 2. The normalized spacial score (nSPS) is 17.0. The summed E-state index contributed by atoms with van der Waals surface area (Å²) >= 11 is 0. The van der Waals surface area contributed by atoms with Crippen LogP contribution < -0.4 is 4.74 Å². The predicted octanol–water partition coefficient (Wildman–Crippen LogP) is 3.95. The lowest BCUT2D eigenvalue weighted by Gasteiger charge is -2.36. The molecule has 0 saturated heterocycles. The Morgan fingerprint density at radius 2 is 1.97 bits per heavy atom. The van der Waals surface area contributed by atoms with E-state index >= 15 is 0 Å². The van der Waals surface area contributed by atoms with E-state index in [1.54, 1.807) is 13.3 Å². The van der Waals surface area contributed by atoms with Crippen LogP contribution in [0.5, 0.6) is 5.75 Å². The quantitative estimate of drug-likeness (QED) is 0.648. The standard InChI is InChI=1S/C24H26N4O2/c1-15-21(14-27(2)26-15)18-5-4-6-20-19(18)10-12-28(24(20)29)23(16-7-8-16)22-13-17(30-3)9-11-25-22/h4-6,9,11,13-14,16,23H,7-8,10,12H2,1-3H3. The summed E-state index contributed by atoms with van der Waals surface area (Å²) in [6, 6.07) is 9.88. The number of rotatable bonds is 5. The summed E-state index contributed by atoms with van der Waals surface area (Å²) in [5.41, 5.74) is 6.06. The molecule has 1 amide bonds. The molecule has 6 nitrogen and oxygen atoms in total. The molecule has 1 aromatic carbocycles. The summed E-state index contributed by atoms with van der Waals surface area (Å²) in [6.07, 6.45) is 6.91. The highest BCUT2D eigenvalue weighted by atomic mass is 16.5. The maximum atomic E-state index is 13.6. The van der Waals surface area contributed by atoms with E-state index in [1.807, 2.05) is 54.0 Å². The molecule has 1 aliphatic carbocycles. The first-order valence-electron chi connectivity index (χ1n) is 10.5. The lowest BCUT2D eigenvalue weighted by molar-refractivity contribution is 0.0627. The van der Waals surface area contributed by atoms with E-state index in [2.05, 4.69) is 16.1 Å². The van der Waals surface area contributed by atoms with Crippen molar-refractivity contribution in [2.45, 2.75) is 32.2 Å². The Balaban J connectivity index is 1.53. The molecule has 6 heteroatoms. The van der Waals surface area contributed by atoms with Gasteiger partial charge in [-0.2, -0.15) is 5.10 Å². The van der Waals surface area contributed by atoms with Crippen molar-refractivity contribution in [1.29, 1.82) is 0 Å². The van der Waals surface area contributed by atoms with E-state index < -0.39 is 0 Å². The summed E-state index contributed by atoms with van der Waals surface area (Å²) in [7, 11) is 3.59. The van der Waals surface area contributed by atoms with Gasteiger partial charge in [-0.25, -0.2) is 0 Å². The van der Waals surface area contributed by atoms with Crippen LogP contribution in [0.25, 0.3) is 11.1 Å². The zero-order valence-corrected chi connectivity index (χ0v) is 17.6. The second kappa shape index (κ2) is 7.27. The SMILES string of the molecule is COc1ccnc(C(C2CC2)N2CCc3c(cccc3-c3cn(C)nc3C)C2=O)c1. The number of hydrogen-bond donors (Lipinski definition) is 0. The first-order chi connectivity index (χ1) is 14.6. The number of nitrogens with zero attached hydrogens (tertiary/aromatic N) is 4. The summed E-state index contributed by atoms with van der Waals surface area (Å²) in [4.78, 5) is 20.3. The van der Waals surface area contributed by atoms with E-state index in [4.69, 9.17) is 4.74 Å². The number of pyridine rings is 1. The van der Waals surface area contributed by atoms with Gasteiger partial charge in [-0.15, -0.1) is 0 Å². The summed E-state index contributed by atoms with van der Waals surface area (Å²) in [5.74, 6) is 1.35. The Bertz CT molecular complexity index is 1120. The molecule has 154 valence electrons. The van der Waals surface area contributed by atoms with E-state index in [0.29, 0.717) is 12.5 Å². The van der Waals surface area contributed by atoms with E-state index in [9.17, 15) is 4.79 Å². The van der Waals surface area contributed by atoms with Gasteiger partial charge in [0.05, 0.1) is 24.5 Å². The van der Waals surface area contributed by atoms with Crippen LogP contribution in [0.2, 0.25) is 0 Å². The van der Waals surface area contributed by atoms with Crippen LogP contribution in [0.4, 0.5) is 0 Å². The van der Waals surface area contributed by atoms with Crippen molar-refractivity contribution in [3.8, 4) is 16.9 Å². The molecule has 1 aliphatic heterocycles. The Labute approximate surface area is 176 Å². The van der Waals surface area contributed by atoms with Crippen LogP contribution in [-0.4, -0.2) is 39.2 Å². The average Bonchev–Trinajstić information content (AvgIpc) is 3.53. The Morgan fingerprint density at radius 1 is 1.17 bits per heavy atom. The maximum Gasteiger partial charge on any atom is 0.254 e. The van der Waals surface area contributed by atoms with Gasteiger partial charge in [-0.3, -0.25) is 14.5 Å². The second-order valence-corrected chi connectivity index (χ2v) is 8.28. The predicted molar refractivity (Wildman–Crippen MR) is 114 cm³/mol. The zero-order valence-electron chi connectivity index (χ0n) is 17.6. The van der Waals surface area contributed by atoms with Crippen LogP contribution in [0.1, 0.15) is 46.2 Å². The molecule has 0 radical (unpaired) electrons. The van der Waals surface area contributed by atoms with E-state index in [-0.39, 0.29) is 11.9 Å². The third-order valence-corrected chi connectivity index (χ3v) is 6.27. The number of fused-ring (bicyclic) bond motifs is 1. The fourth-order valence-corrected chi connectivity index (χ4v) is 4.71. The van der Waals surface area contributed by atoms with Crippen LogP contribution in [0.3, 0.4) is 0 Å². The van der Waals surface area contributed by atoms with Crippen molar-refractivity contribution in [3.63, 3.8) is 0 Å². The molecule has 2 aromatic heterocycles. The Hall–Kier alpha value is -3.15. The van der Waals surface area contributed by atoms with Gasteiger partial charge in [0.25, 0.3) is 5.91 Å². The average molecular weight is 402 g/mol. The van der Waals surface area contributed by atoms with E-state index in [1.165, 1.54) is 0 Å². The Kier molecular flexibility index (Phi) is 4.57. The van der Waals surface area contributed by atoms with Gasteiger partial charge in [0.2, 0.25) is 0 Å². The van der Waals surface area contributed by atoms with Gasteiger partial charge in [0.15, 0.2) is 0 Å². The molecule has 5 rings (SSSR count). The maximum absolute atomic E-state index is 13.6. The van der Waals surface area contributed by atoms with E-state index in [0.717, 1.165) is 58.7 Å². The number of methoxy groups -OCH3 is 1. The van der Waals surface area contributed by atoms with Crippen molar-refractivity contribution in [2.75, 3.05) is 13.7 Å². The fraction of sp³-hybridized carbons (Fsp3) is 0.375. The molecule has 0 N–H and O–H groups in total. The molecule has 1 saturated carbocycles.